The van der Waals surface area contributed by atoms with Gasteiger partial charge in [-0.3, -0.25) is 14.5 Å². The van der Waals surface area contributed by atoms with Crippen LogP contribution in [0.2, 0.25) is 0 Å². The van der Waals surface area contributed by atoms with Crippen LogP contribution in [0, 0.1) is 0 Å². The molecule has 0 aromatic carbocycles. The second-order valence-corrected chi connectivity index (χ2v) is 3.43. The highest BCUT2D eigenvalue weighted by molar-refractivity contribution is 5.83. The Bertz CT molecular complexity index is 204. The standard InChI is InChI=1S/C9H18N2O3/c1-10(2)9(13)6-11(3)5-8(12)7-14-4/h5-7H2,1-4H3. The number of likely N-dealkylation sites (N-methyl/N-ethyl adjacent to an activating group) is 2. The summed E-state index contributed by atoms with van der Waals surface area (Å²) < 4.78 is 4.69. The Labute approximate surface area is 84.6 Å². The summed E-state index contributed by atoms with van der Waals surface area (Å²) in [5.41, 5.74) is 0. The van der Waals surface area contributed by atoms with Crippen molar-refractivity contribution >= 4 is 11.7 Å². The topological polar surface area (TPSA) is 49.9 Å². The first-order valence-corrected chi connectivity index (χ1v) is 4.36. The quantitative estimate of drug-likeness (QED) is 0.567. The van der Waals surface area contributed by atoms with Gasteiger partial charge in [0.05, 0.1) is 13.1 Å². The Hall–Kier alpha value is -0.940. The minimum Gasteiger partial charge on any atom is -0.377 e. The number of Topliss-reactive ketones (excluding diaryl/α,β-unsaturated/α-hetero) is 1. The lowest BCUT2D eigenvalue weighted by Gasteiger charge is -2.17. The summed E-state index contributed by atoms with van der Waals surface area (Å²) in [5, 5.41) is 0. The van der Waals surface area contributed by atoms with Crippen molar-refractivity contribution in [2.75, 3.05) is 47.9 Å². The maximum absolute atomic E-state index is 11.2. The molecule has 0 unspecified atom stereocenters. The van der Waals surface area contributed by atoms with E-state index in [2.05, 4.69) is 4.74 Å². The molecular weight excluding hydrogens is 184 g/mol. The monoisotopic (exact) mass is 202 g/mol. The van der Waals surface area contributed by atoms with Gasteiger partial charge in [0.1, 0.15) is 6.61 Å². The third-order valence-corrected chi connectivity index (χ3v) is 1.66. The van der Waals surface area contributed by atoms with Crippen LogP contribution in [0.25, 0.3) is 0 Å². The number of hydrogen-bond acceptors (Lipinski definition) is 4. The predicted molar refractivity (Wildman–Crippen MR) is 53.1 cm³/mol. The second-order valence-electron chi connectivity index (χ2n) is 3.43. The second kappa shape index (κ2) is 6.50. The van der Waals surface area contributed by atoms with Gasteiger partial charge in [-0.2, -0.15) is 0 Å². The zero-order valence-electron chi connectivity index (χ0n) is 9.24. The van der Waals surface area contributed by atoms with Gasteiger partial charge in [-0.25, -0.2) is 0 Å². The van der Waals surface area contributed by atoms with Crippen molar-refractivity contribution in [2.45, 2.75) is 0 Å². The maximum atomic E-state index is 11.2. The van der Waals surface area contributed by atoms with Crippen LogP contribution < -0.4 is 0 Å². The molecule has 0 saturated heterocycles. The number of ketones is 1. The average Bonchev–Trinajstić information content (AvgIpc) is 2.03. The van der Waals surface area contributed by atoms with Gasteiger partial charge in [-0.05, 0) is 7.05 Å². The summed E-state index contributed by atoms with van der Waals surface area (Å²) in [6, 6.07) is 0. The number of methoxy groups -OCH3 is 1. The third kappa shape index (κ3) is 5.66. The fourth-order valence-corrected chi connectivity index (χ4v) is 0.936. The van der Waals surface area contributed by atoms with Gasteiger partial charge in [0.2, 0.25) is 5.91 Å². The molecule has 0 fully saturated rings. The molecule has 0 heterocycles. The van der Waals surface area contributed by atoms with E-state index in [9.17, 15) is 9.59 Å². The summed E-state index contributed by atoms with van der Waals surface area (Å²) in [6.45, 7) is 0.594. The molecule has 0 bridgehead atoms. The van der Waals surface area contributed by atoms with Gasteiger partial charge in [0.15, 0.2) is 5.78 Å². The highest BCUT2D eigenvalue weighted by Crippen LogP contribution is 1.87. The number of ether oxygens (including phenoxy) is 1. The molecule has 82 valence electrons. The zero-order valence-corrected chi connectivity index (χ0v) is 9.24. The van der Waals surface area contributed by atoms with E-state index in [1.807, 2.05) is 0 Å². The highest BCUT2D eigenvalue weighted by atomic mass is 16.5. The van der Waals surface area contributed by atoms with Gasteiger partial charge >= 0.3 is 0 Å². The zero-order chi connectivity index (χ0) is 11.1. The van der Waals surface area contributed by atoms with Gasteiger partial charge in [0.25, 0.3) is 0 Å². The van der Waals surface area contributed by atoms with E-state index in [0.717, 1.165) is 0 Å². The van der Waals surface area contributed by atoms with Crippen LogP contribution in [0.3, 0.4) is 0 Å². The lowest BCUT2D eigenvalue weighted by Crippen LogP contribution is -2.37. The van der Waals surface area contributed by atoms with Crippen LogP contribution in [-0.4, -0.2) is 69.4 Å². The molecule has 0 rings (SSSR count). The van der Waals surface area contributed by atoms with E-state index in [-0.39, 0.29) is 31.4 Å². The first kappa shape index (κ1) is 13.1. The van der Waals surface area contributed by atoms with E-state index < -0.39 is 0 Å². The van der Waals surface area contributed by atoms with Gasteiger partial charge in [-0.15, -0.1) is 0 Å². The fraction of sp³-hybridized carbons (Fsp3) is 0.778. The first-order valence-electron chi connectivity index (χ1n) is 4.36. The molecule has 0 radical (unpaired) electrons. The van der Waals surface area contributed by atoms with Gasteiger partial charge in [-0.1, -0.05) is 0 Å². The normalized spacial score (nSPS) is 10.4. The summed E-state index contributed by atoms with van der Waals surface area (Å²) in [7, 11) is 6.58. The minimum absolute atomic E-state index is 0.0160. The van der Waals surface area contributed by atoms with Crippen LogP contribution in [0.4, 0.5) is 0 Å². The summed E-state index contributed by atoms with van der Waals surface area (Å²) >= 11 is 0. The number of carbonyl (C=O) groups excluding carboxylic acids is 2. The van der Waals surface area contributed by atoms with Gasteiger partial charge in [0, 0.05) is 21.2 Å². The number of nitrogens with zero attached hydrogens (tertiary/aromatic N) is 2. The Morgan fingerprint density at radius 1 is 1.14 bits per heavy atom. The van der Waals surface area contributed by atoms with Crippen molar-refractivity contribution in [3.63, 3.8) is 0 Å². The lowest BCUT2D eigenvalue weighted by molar-refractivity contribution is -0.130. The summed E-state index contributed by atoms with van der Waals surface area (Å²) in [4.78, 5) is 25.5. The molecule has 5 nitrogen and oxygen atoms in total. The molecule has 0 aromatic rings. The minimum atomic E-state index is -0.0263. The van der Waals surface area contributed by atoms with Crippen molar-refractivity contribution < 1.29 is 14.3 Å². The van der Waals surface area contributed by atoms with Crippen LogP contribution in [0.1, 0.15) is 0 Å². The summed E-state index contributed by atoms with van der Waals surface area (Å²) in [5.74, 6) is -0.0423. The molecule has 0 saturated carbocycles. The molecule has 0 aliphatic rings. The molecule has 14 heavy (non-hydrogen) atoms. The van der Waals surface area contributed by atoms with Crippen molar-refractivity contribution in [3.05, 3.63) is 0 Å². The van der Waals surface area contributed by atoms with Crippen LogP contribution in [-0.2, 0) is 14.3 Å². The molecule has 5 heteroatoms. The molecule has 0 N–H and O–H groups in total. The third-order valence-electron chi connectivity index (χ3n) is 1.66. The van der Waals surface area contributed by atoms with Crippen molar-refractivity contribution in [1.82, 2.24) is 9.80 Å². The first-order chi connectivity index (χ1) is 6.47. The van der Waals surface area contributed by atoms with Crippen LogP contribution >= 0.6 is 0 Å². The smallest absolute Gasteiger partial charge is 0.236 e. The molecule has 1 amide bonds. The number of hydrogen-bond donors (Lipinski definition) is 0. The SMILES string of the molecule is COCC(=O)CN(C)CC(=O)N(C)C. The molecule has 0 spiro atoms. The Morgan fingerprint density at radius 2 is 1.71 bits per heavy atom. The highest BCUT2D eigenvalue weighted by Gasteiger charge is 2.11. The number of rotatable bonds is 6. The van der Waals surface area contributed by atoms with Crippen LogP contribution in [0.5, 0.6) is 0 Å². The summed E-state index contributed by atoms with van der Waals surface area (Å²) in [6.07, 6.45) is 0. The molecule has 0 aromatic heterocycles. The number of amides is 1. The largest absolute Gasteiger partial charge is 0.377 e. The van der Waals surface area contributed by atoms with Crippen LogP contribution in [0.15, 0.2) is 0 Å². The Morgan fingerprint density at radius 3 is 2.14 bits per heavy atom. The van der Waals surface area contributed by atoms with Gasteiger partial charge < -0.3 is 9.64 Å². The van der Waals surface area contributed by atoms with E-state index >= 15 is 0 Å². The fourth-order valence-electron chi connectivity index (χ4n) is 0.936. The van der Waals surface area contributed by atoms with E-state index in [0.29, 0.717) is 0 Å². The van der Waals surface area contributed by atoms with Crippen molar-refractivity contribution in [1.29, 1.82) is 0 Å². The van der Waals surface area contributed by atoms with Crippen molar-refractivity contribution in [3.8, 4) is 0 Å². The van der Waals surface area contributed by atoms with E-state index in [4.69, 9.17) is 0 Å². The molecule has 0 atom stereocenters. The van der Waals surface area contributed by atoms with E-state index in [1.54, 1.807) is 26.0 Å². The maximum Gasteiger partial charge on any atom is 0.236 e. The molecule has 0 aliphatic carbocycles. The number of carbonyl (C=O) groups is 2. The lowest BCUT2D eigenvalue weighted by atomic mass is 10.3. The predicted octanol–water partition coefficient (Wildman–Crippen LogP) is -0.778. The molecular formula is C9H18N2O3. The van der Waals surface area contributed by atoms with Crippen molar-refractivity contribution in [2.24, 2.45) is 0 Å². The Balaban J connectivity index is 3.80. The molecule has 0 aliphatic heterocycles. The van der Waals surface area contributed by atoms with E-state index in [1.165, 1.54) is 12.0 Å². The Kier molecular flexibility index (Phi) is 6.07. The average molecular weight is 202 g/mol.